The normalized spacial score (nSPS) is 18.2. The van der Waals surface area contributed by atoms with Crippen molar-refractivity contribution in [3.63, 3.8) is 0 Å². The van der Waals surface area contributed by atoms with E-state index in [0.29, 0.717) is 11.3 Å². The van der Waals surface area contributed by atoms with Crippen molar-refractivity contribution in [2.45, 2.75) is 25.6 Å². The number of H-pyrrole nitrogens is 1. The van der Waals surface area contributed by atoms with Crippen molar-refractivity contribution in [3.05, 3.63) is 41.6 Å². The molecule has 3 rings (SSSR count). The minimum Gasteiger partial charge on any atom is -0.325 e. The Labute approximate surface area is 124 Å². The average molecular weight is 309 g/mol. The summed E-state index contributed by atoms with van der Waals surface area (Å²) in [4.78, 5) is 13.1. The maximum atomic E-state index is 12.8. The fraction of sp³-hybridized carbons (Fsp3) is 0.333. The van der Waals surface area contributed by atoms with Crippen molar-refractivity contribution in [2.75, 3.05) is 6.54 Å². The van der Waals surface area contributed by atoms with Gasteiger partial charge in [0.2, 0.25) is 0 Å². The van der Waals surface area contributed by atoms with E-state index >= 15 is 0 Å². The summed E-state index contributed by atoms with van der Waals surface area (Å²) in [6.07, 6.45) is -4.43. The van der Waals surface area contributed by atoms with Crippen LogP contribution in [0.5, 0.6) is 0 Å². The Kier molecular flexibility index (Phi) is 3.42. The highest BCUT2D eigenvalue weighted by Gasteiger charge is 2.51. The van der Waals surface area contributed by atoms with Gasteiger partial charge in [0.1, 0.15) is 11.7 Å². The highest BCUT2D eigenvalue weighted by Crippen LogP contribution is 2.35. The summed E-state index contributed by atoms with van der Waals surface area (Å²) in [5, 5.41) is 6.67. The Hall–Kier alpha value is -2.31. The Balaban J connectivity index is 1.88. The lowest BCUT2D eigenvalue weighted by Crippen LogP contribution is -2.58. The number of carbonyl (C=O) groups excluding carboxylic acids is 1. The lowest BCUT2D eigenvalue weighted by Gasteiger charge is -2.41. The van der Waals surface area contributed by atoms with Gasteiger partial charge in [-0.05, 0) is 13.3 Å². The van der Waals surface area contributed by atoms with Gasteiger partial charge in [-0.1, -0.05) is 30.3 Å². The van der Waals surface area contributed by atoms with Crippen molar-refractivity contribution in [2.24, 2.45) is 0 Å². The minimum atomic E-state index is -4.38. The highest BCUT2D eigenvalue weighted by molar-refractivity contribution is 5.96. The molecule has 1 aromatic carbocycles. The second-order valence-corrected chi connectivity index (χ2v) is 5.28. The molecule has 1 saturated heterocycles. The van der Waals surface area contributed by atoms with E-state index < -0.39 is 18.1 Å². The molecule has 1 unspecified atom stereocenters. The van der Waals surface area contributed by atoms with E-state index in [9.17, 15) is 18.0 Å². The van der Waals surface area contributed by atoms with Gasteiger partial charge < -0.3 is 4.90 Å². The molecule has 1 aliphatic rings. The Bertz CT molecular complexity index is 694. The van der Waals surface area contributed by atoms with Crippen LogP contribution in [0.2, 0.25) is 0 Å². The molecule has 0 spiro atoms. The van der Waals surface area contributed by atoms with Gasteiger partial charge in [-0.25, -0.2) is 0 Å². The SMILES string of the molecule is Cc1c(-c2ccccc2)n[nH]c1C(=O)N1CCC1C(F)(F)F. The Morgan fingerprint density at radius 2 is 2.00 bits per heavy atom. The number of alkyl halides is 3. The zero-order valence-corrected chi connectivity index (χ0v) is 11.8. The van der Waals surface area contributed by atoms with Gasteiger partial charge >= 0.3 is 6.18 Å². The predicted octanol–water partition coefficient (Wildman–Crippen LogP) is 3.16. The largest absolute Gasteiger partial charge is 0.408 e. The molecule has 1 fully saturated rings. The van der Waals surface area contributed by atoms with E-state index in [1.807, 2.05) is 30.3 Å². The molecule has 0 aliphatic carbocycles. The molecule has 0 radical (unpaired) electrons. The lowest BCUT2D eigenvalue weighted by molar-refractivity contribution is -0.199. The van der Waals surface area contributed by atoms with Crippen molar-refractivity contribution in [1.29, 1.82) is 0 Å². The standard InChI is InChI=1S/C15H14F3N3O/c1-9-12(10-5-3-2-4-6-10)19-20-13(9)14(22)21-8-7-11(21)15(16,17)18/h2-6,11H,7-8H2,1H3,(H,19,20). The summed E-state index contributed by atoms with van der Waals surface area (Å²) in [7, 11) is 0. The fourth-order valence-electron chi connectivity index (χ4n) is 2.60. The van der Waals surface area contributed by atoms with Crippen LogP contribution in [0.4, 0.5) is 13.2 Å². The second kappa shape index (κ2) is 5.15. The molecule has 7 heteroatoms. The molecule has 116 valence electrons. The fourth-order valence-corrected chi connectivity index (χ4v) is 2.60. The molecule has 0 saturated carbocycles. The Morgan fingerprint density at radius 1 is 1.32 bits per heavy atom. The van der Waals surface area contributed by atoms with Gasteiger partial charge in [-0.3, -0.25) is 9.89 Å². The van der Waals surface area contributed by atoms with Crippen LogP contribution >= 0.6 is 0 Å². The first-order valence-electron chi connectivity index (χ1n) is 6.87. The van der Waals surface area contributed by atoms with Gasteiger partial charge in [0, 0.05) is 17.7 Å². The van der Waals surface area contributed by atoms with Gasteiger partial charge in [0.25, 0.3) is 5.91 Å². The van der Waals surface area contributed by atoms with Crippen LogP contribution in [0.1, 0.15) is 22.5 Å². The highest BCUT2D eigenvalue weighted by atomic mass is 19.4. The summed E-state index contributed by atoms with van der Waals surface area (Å²) in [6, 6.07) is 7.49. The second-order valence-electron chi connectivity index (χ2n) is 5.28. The number of hydrogen-bond acceptors (Lipinski definition) is 2. The lowest BCUT2D eigenvalue weighted by atomic mass is 10.0. The third-order valence-corrected chi connectivity index (χ3v) is 3.93. The van der Waals surface area contributed by atoms with Crippen LogP contribution in [0.15, 0.2) is 30.3 Å². The number of nitrogens with one attached hydrogen (secondary N) is 1. The molecule has 1 amide bonds. The first-order valence-corrected chi connectivity index (χ1v) is 6.87. The summed E-state index contributed by atoms with van der Waals surface area (Å²) in [6.45, 7) is 1.80. The quantitative estimate of drug-likeness (QED) is 0.926. The van der Waals surface area contributed by atoms with E-state index in [0.717, 1.165) is 10.5 Å². The number of aromatic amines is 1. The molecule has 0 bridgehead atoms. The molecule has 2 aromatic rings. The molecule has 4 nitrogen and oxygen atoms in total. The summed E-state index contributed by atoms with van der Waals surface area (Å²) in [5.74, 6) is -0.652. The molecule has 2 heterocycles. The first-order chi connectivity index (χ1) is 10.4. The smallest absolute Gasteiger partial charge is 0.325 e. The zero-order chi connectivity index (χ0) is 15.9. The molecule has 1 aromatic heterocycles. The van der Waals surface area contributed by atoms with E-state index in [2.05, 4.69) is 10.2 Å². The topological polar surface area (TPSA) is 49.0 Å². The number of halogens is 3. The van der Waals surface area contributed by atoms with Crippen LogP contribution in [-0.4, -0.2) is 39.8 Å². The number of nitrogens with zero attached hydrogens (tertiary/aromatic N) is 2. The van der Waals surface area contributed by atoms with Gasteiger partial charge in [0.05, 0.1) is 5.69 Å². The van der Waals surface area contributed by atoms with Crippen molar-refractivity contribution in [3.8, 4) is 11.3 Å². The maximum Gasteiger partial charge on any atom is 0.408 e. The third-order valence-electron chi connectivity index (χ3n) is 3.93. The van der Waals surface area contributed by atoms with Crippen molar-refractivity contribution >= 4 is 5.91 Å². The van der Waals surface area contributed by atoms with Crippen LogP contribution in [-0.2, 0) is 0 Å². The zero-order valence-electron chi connectivity index (χ0n) is 11.8. The van der Waals surface area contributed by atoms with E-state index in [4.69, 9.17) is 0 Å². The molecule has 22 heavy (non-hydrogen) atoms. The molecular weight excluding hydrogens is 295 g/mol. The number of amides is 1. The van der Waals surface area contributed by atoms with Crippen molar-refractivity contribution < 1.29 is 18.0 Å². The summed E-state index contributed by atoms with van der Waals surface area (Å²) < 4.78 is 38.3. The molecular formula is C15H14F3N3O. The monoisotopic (exact) mass is 309 g/mol. The third kappa shape index (κ3) is 2.36. The first kappa shape index (κ1) is 14.6. The summed E-state index contributed by atoms with van der Waals surface area (Å²) >= 11 is 0. The van der Waals surface area contributed by atoms with Crippen LogP contribution in [0.25, 0.3) is 11.3 Å². The number of rotatable bonds is 2. The molecule has 1 N–H and O–H groups in total. The van der Waals surface area contributed by atoms with Gasteiger partial charge in [-0.15, -0.1) is 0 Å². The van der Waals surface area contributed by atoms with E-state index in [-0.39, 0.29) is 18.7 Å². The number of carbonyl (C=O) groups is 1. The Morgan fingerprint density at radius 3 is 2.55 bits per heavy atom. The average Bonchev–Trinajstić information content (AvgIpc) is 2.78. The number of likely N-dealkylation sites (tertiary alicyclic amines) is 1. The van der Waals surface area contributed by atoms with E-state index in [1.54, 1.807) is 6.92 Å². The predicted molar refractivity (Wildman–Crippen MR) is 74.3 cm³/mol. The van der Waals surface area contributed by atoms with Crippen LogP contribution < -0.4 is 0 Å². The van der Waals surface area contributed by atoms with Gasteiger partial charge in [-0.2, -0.15) is 18.3 Å². The maximum absolute atomic E-state index is 12.8. The van der Waals surface area contributed by atoms with Crippen LogP contribution in [0.3, 0.4) is 0 Å². The number of aromatic nitrogens is 2. The number of hydrogen-bond donors (Lipinski definition) is 1. The molecule has 1 aliphatic heterocycles. The minimum absolute atomic E-state index is 0.0477. The summed E-state index contributed by atoms with van der Waals surface area (Å²) in [5.41, 5.74) is 2.07. The van der Waals surface area contributed by atoms with Crippen LogP contribution in [0, 0.1) is 6.92 Å². The van der Waals surface area contributed by atoms with Gasteiger partial charge in [0.15, 0.2) is 0 Å². The van der Waals surface area contributed by atoms with E-state index in [1.165, 1.54) is 0 Å². The van der Waals surface area contributed by atoms with Crippen molar-refractivity contribution in [1.82, 2.24) is 15.1 Å². The number of benzene rings is 1. The molecule has 1 atom stereocenters.